The molecule has 1 fully saturated rings. The number of hydrogen-bond acceptors (Lipinski definition) is 4. The molecule has 1 aromatic rings. The number of hydrogen-bond donors (Lipinski definition) is 3. The Labute approximate surface area is 160 Å². The first-order valence-electron chi connectivity index (χ1n) is 9.05. The number of amides is 2. The molecule has 2 unspecified atom stereocenters. The van der Waals surface area contributed by atoms with E-state index in [0.717, 1.165) is 31.5 Å². The molecule has 2 amide bonds. The Bertz CT molecular complexity index is 620. The second-order valence-electron chi connectivity index (χ2n) is 6.73. The summed E-state index contributed by atoms with van der Waals surface area (Å²) in [6.45, 7) is 3.85. The lowest BCUT2D eigenvalue weighted by atomic mass is 9.71. The number of methoxy groups -OCH3 is 1. The van der Waals surface area contributed by atoms with Gasteiger partial charge < -0.3 is 20.7 Å². The Hall–Kier alpha value is -1.79. The molecule has 1 saturated heterocycles. The van der Waals surface area contributed by atoms with Gasteiger partial charge in [0, 0.05) is 25.0 Å². The standard InChI is InChI=1S/C19H28ClN3O3/c1-14(24)23-19(16-7-4-10-21-13-16,9-5-11-22-18(25)26-2)15-6-3-8-17(20)12-15/h3,6,8,12,16,21H,4-5,7,9-11,13H2,1-2H3,(H,22,25)(H,23,24). The summed E-state index contributed by atoms with van der Waals surface area (Å²) in [5, 5.41) is 10.0. The molecule has 1 heterocycles. The summed E-state index contributed by atoms with van der Waals surface area (Å²) in [6, 6.07) is 7.70. The molecule has 2 rings (SSSR count). The highest BCUT2D eigenvalue weighted by Crippen LogP contribution is 2.39. The second-order valence-corrected chi connectivity index (χ2v) is 7.16. The zero-order valence-corrected chi connectivity index (χ0v) is 16.2. The van der Waals surface area contributed by atoms with Crippen LogP contribution in [0.1, 0.15) is 38.2 Å². The van der Waals surface area contributed by atoms with Gasteiger partial charge in [-0.25, -0.2) is 4.79 Å². The SMILES string of the molecule is COC(=O)NCCCC(NC(C)=O)(c1cccc(Cl)c1)C1CCCNC1. The van der Waals surface area contributed by atoms with Crippen LogP contribution < -0.4 is 16.0 Å². The molecule has 0 aromatic heterocycles. The molecule has 0 spiro atoms. The summed E-state index contributed by atoms with van der Waals surface area (Å²) >= 11 is 6.25. The lowest BCUT2D eigenvalue weighted by Gasteiger charge is -2.44. The lowest BCUT2D eigenvalue weighted by Crippen LogP contribution is -2.55. The summed E-state index contributed by atoms with van der Waals surface area (Å²) in [4.78, 5) is 23.4. The van der Waals surface area contributed by atoms with E-state index in [4.69, 9.17) is 11.6 Å². The molecule has 144 valence electrons. The molecular formula is C19H28ClN3O3. The van der Waals surface area contributed by atoms with Gasteiger partial charge in [-0.15, -0.1) is 0 Å². The third kappa shape index (κ3) is 5.35. The van der Waals surface area contributed by atoms with Crippen LogP contribution in [-0.4, -0.2) is 38.7 Å². The average Bonchev–Trinajstić information content (AvgIpc) is 2.64. The number of nitrogens with one attached hydrogen (secondary N) is 3. The van der Waals surface area contributed by atoms with Gasteiger partial charge in [-0.05, 0) is 55.8 Å². The molecule has 1 aliphatic rings. The number of halogens is 1. The van der Waals surface area contributed by atoms with Crippen molar-refractivity contribution >= 4 is 23.6 Å². The Morgan fingerprint density at radius 1 is 1.42 bits per heavy atom. The number of carbonyl (C=O) groups excluding carboxylic acids is 2. The van der Waals surface area contributed by atoms with Crippen molar-refractivity contribution < 1.29 is 14.3 Å². The second kappa shape index (κ2) is 9.78. The molecule has 0 saturated carbocycles. The van der Waals surface area contributed by atoms with Gasteiger partial charge in [0.05, 0.1) is 12.6 Å². The highest BCUT2D eigenvalue weighted by atomic mass is 35.5. The van der Waals surface area contributed by atoms with Crippen LogP contribution in [0.15, 0.2) is 24.3 Å². The van der Waals surface area contributed by atoms with Crippen molar-refractivity contribution in [3.63, 3.8) is 0 Å². The van der Waals surface area contributed by atoms with E-state index in [9.17, 15) is 9.59 Å². The third-order valence-corrected chi connectivity index (χ3v) is 5.17. The maximum atomic E-state index is 12.1. The van der Waals surface area contributed by atoms with Crippen LogP contribution in [0.2, 0.25) is 5.02 Å². The number of rotatable bonds is 7. The van der Waals surface area contributed by atoms with Crippen LogP contribution in [0, 0.1) is 5.92 Å². The number of alkyl carbamates (subject to hydrolysis) is 1. The molecule has 0 bridgehead atoms. The van der Waals surface area contributed by atoms with Crippen LogP contribution in [0.5, 0.6) is 0 Å². The highest BCUT2D eigenvalue weighted by molar-refractivity contribution is 6.30. The zero-order chi connectivity index (χ0) is 19.0. The smallest absolute Gasteiger partial charge is 0.406 e. The van der Waals surface area contributed by atoms with E-state index in [1.165, 1.54) is 7.11 Å². The molecule has 3 N–H and O–H groups in total. The molecule has 2 atom stereocenters. The first-order chi connectivity index (χ1) is 12.5. The van der Waals surface area contributed by atoms with Gasteiger partial charge in [0.1, 0.15) is 0 Å². The Balaban J connectivity index is 2.29. The van der Waals surface area contributed by atoms with Crippen molar-refractivity contribution in [1.82, 2.24) is 16.0 Å². The summed E-state index contributed by atoms with van der Waals surface area (Å²) < 4.78 is 4.62. The molecule has 1 aliphatic heterocycles. The van der Waals surface area contributed by atoms with Crippen LogP contribution in [0.25, 0.3) is 0 Å². The average molecular weight is 382 g/mol. The minimum absolute atomic E-state index is 0.0727. The maximum absolute atomic E-state index is 12.1. The molecule has 0 aliphatic carbocycles. The summed E-state index contributed by atoms with van der Waals surface area (Å²) in [5.74, 6) is 0.174. The van der Waals surface area contributed by atoms with Gasteiger partial charge in [-0.2, -0.15) is 0 Å². The molecule has 0 radical (unpaired) electrons. The Morgan fingerprint density at radius 3 is 2.85 bits per heavy atom. The number of piperidine rings is 1. The van der Waals surface area contributed by atoms with Crippen LogP contribution in [-0.2, 0) is 15.1 Å². The predicted octanol–water partition coefficient (Wildman–Crippen LogP) is 2.81. The summed E-state index contributed by atoms with van der Waals surface area (Å²) in [5.41, 5.74) is 0.481. The zero-order valence-electron chi connectivity index (χ0n) is 15.4. The van der Waals surface area contributed by atoms with Crippen molar-refractivity contribution in [3.8, 4) is 0 Å². The van der Waals surface area contributed by atoms with Gasteiger partial charge in [0.25, 0.3) is 0 Å². The summed E-state index contributed by atoms with van der Waals surface area (Å²) in [6.07, 6.45) is 3.04. The third-order valence-electron chi connectivity index (χ3n) is 4.94. The van der Waals surface area contributed by atoms with E-state index in [1.807, 2.05) is 24.3 Å². The molecular weight excluding hydrogens is 354 g/mol. The Morgan fingerprint density at radius 2 is 2.23 bits per heavy atom. The van der Waals surface area contributed by atoms with Crippen LogP contribution >= 0.6 is 11.6 Å². The van der Waals surface area contributed by atoms with E-state index in [2.05, 4.69) is 20.7 Å². The monoisotopic (exact) mass is 381 g/mol. The minimum atomic E-state index is -0.526. The van der Waals surface area contributed by atoms with Gasteiger partial charge in [0.2, 0.25) is 5.91 Å². The predicted molar refractivity (Wildman–Crippen MR) is 102 cm³/mol. The quantitative estimate of drug-likeness (QED) is 0.634. The fourth-order valence-electron chi connectivity index (χ4n) is 3.80. The highest BCUT2D eigenvalue weighted by Gasteiger charge is 2.41. The van der Waals surface area contributed by atoms with Gasteiger partial charge >= 0.3 is 6.09 Å². The molecule has 1 aromatic carbocycles. The number of ether oxygens (including phenoxy) is 1. The Kier molecular flexibility index (Phi) is 7.72. The van der Waals surface area contributed by atoms with Crippen LogP contribution in [0.4, 0.5) is 4.79 Å². The molecule has 6 nitrogen and oxygen atoms in total. The first kappa shape index (κ1) is 20.5. The molecule has 7 heteroatoms. The van der Waals surface area contributed by atoms with Crippen molar-refractivity contribution in [3.05, 3.63) is 34.9 Å². The largest absolute Gasteiger partial charge is 0.453 e. The fraction of sp³-hybridized carbons (Fsp3) is 0.579. The normalized spacial score (nSPS) is 19.3. The van der Waals surface area contributed by atoms with Crippen molar-refractivity contribution in [1.29, 1.82) is 0 Å². The summed E-state index contributed by atoms with van der Waals surface area (Å²) in [7, 11) is 1.34. The first-order valence-corrected chi connectivity index (χ1v) is 9.43. The van der Waals surface area contributed by atoms with Gasteiger partial charge in [-0.3, -0.25) is 4.79 Å². The van der Waals surface area contributed by atoms with E-state index < -0.39 is 11.6 Å². The molecule has 26 heavy (non-hydrogen) atoms. The van der Waals surface area contributed by atoms with E-state index in [0.29, 0.717) is 24.4 Å². The van der Waals surface area contributed by atoms with E-state index in [-0.39, 0.29) is 11.8 Å². The fourth-order valence-corrected chi connectivity index (χ4v) is 3.99. The number of carbonyl (C=O) groups is 2. The lowest BCUT2D eigenvalue weighted by molar-refractivity contribution is -0.122. The van der Waals surface area contributed by atoms with Crippen molar-refractivity contribution in [2.24, 2.45) is 5.92 Å². The minimum Gasteiger partial charge on any atom is -0.453 e. The maximum Gasteiger partial charge on any atom is 0.406 e. The van der Waals surface area contributed by atoms with Crippen molar-refractivity contribution in [2.75, 3.05) is 26.7 Å². The van der Waals surface area contributed by atoms with E-state index in [1.54, 1.807) is 6.92 Å². The van der Waals surface area contributed by atoms with Crippen molar-refractivity contribution in [2.45, 2.75) is 38.1 Å². The van der Waals surface area contributed by atoms with Crippen LogP contribution in [0.3, 0.4) is 0 Å². The van der Waals surface area contributed by atoms with Gasteiger partial charge in [-0.1, -0.05) is 23.7 Å². The van der Waals surface area contributed by atoms with E-state index >= 15 is 0 Å². The number of benzene rings is 1. The topological polar surface area (TPSA) is 79.5 Å². The van der Waals surface area contributed by atoms with Gasteiger partial charge in [0.15, 0.2) is 0 Å².